The Morgan fingerprint density at radius 2 is 2.14 bits per heavy atom. The molecule has 1 unspecified atom stereocenters. The van der Waals surface area contributed by atoms with E-state index < -0.39 is 0 Å². The Labute approximate surface area is 134 Å². The third-order valence-corrected chi connectivity index (χ3v) is 3.86. The van der Waals surface area contributed by atoms with Crippen molar-refractivity contribution in [2.75, 3.05) is 0 Å². The Balaban J connectivity index is 2.22. The van der Waals surface area contributed by atoms with Crippen LogP contribution in [0.5, 0.6) is 11.5 Å². The van der Waals surface area contributed by atoms with Crippen LogP contribution in [0, 0.1) is 0 Å². The molecule has 0 saturated heterocycles. The molecule has 0 amide bonds. The molecule has 0 aliphatic heterocycles. The summed E-state index contributed by atoms with van der Waals surface area (Å²) in [7, 11) is 0. The molecule has 1 heterocycles. The minimum Gasteiger partial charge on any atom is -0.454 e. The maximum absolute atomic E-state index is 6.07. The van der Waals surface area contributed by atoms with Gasteiger partial charge in [0.2, 0.25) is 0 Å². The number of ether oxygens (including phenoxy) is 1. The van der Waals surface area contributed by atoms with E-state index in [1.54, 1.807) is 6.20 Å². The van der Waals surface area contributed by atoms with Crippen molar-refractivity contribution in [1.82, 2.24) is 9.78 Å². The largest absolute Gasteiger partial charge is 0.454 e. The van der Waals surface area contributed by atoms with E-state index in [0.29, 0.717) is 6.04 Å². The van der Waals surface area contributed by atoms with E-state index in [2.05, 4.69) is 47.9 Å². The second kappa shape index (κ2) is 7.09. The smallest absolute Gasteiger partial charge is 0.165 e. The molecule has 0 spiro atoms. The van der Waals surface area contributed by atoms with Gasteiger partial charge in [0.15, 0.2) is 5.75 Å². The molecule has 1 atom stereocenters. The van der Waals surface area contributed by atoms with Crippen LogP contribution in [0.1, 0.15) is 38.8 Å². The highest BCUT2D eigenvalue weighted by Gasteiger charge is 2.11. The first kappa shape index (κ1) is 16.0. The van der Waals surface area contributed by atoms with Crippen molar-refractivity contribution in [3.8, 4) is 11.5 Å². The van der Waals surface area contributed by atoms with Crippen molar-refractivity contribution in [3.05, 3.63) is 40.6 Å². The summed E-state index contributed by atoms with van der Waals surface area (Å²) in [5.41, 5.74) is 7.18. The Bertz CT molecular complexity index is 595. The van der Waals surface area contributed by atoms with Gasteiger partial charge in [-0.15, -0.1) is 0 Å². The first-order valence-electron chi connectivity index (χ1n) is 7.25. The number of halogens is 1. The van der Waals surface area contributed by atoms with Crippen molar-refractivity contribution < 1.29 is 4.74 Å². The molecular weight excluding hydrogens is 330 g/mol. The summed E-state index contributed by atoms with van der Waals surface area (Å²) < 4.78 is 8.87. The molecule has 0 aliphatic carbocycles. The number of nitrogens with two attached hydrogens (primary N) is 1. The molecular formula is C16H22BrN3O. The van der Waals surface area contributed by atoms with Gasteiger partial charge in [-0.1, -0.05) is 28.9 Å². The summed E-state index contributed by atoms with van der Waals surface area (Å²) in [6.07, 6.45) is 5.40. The predicted molar refractivity (Wildman–Crippen MR) is 88.8 cm³/mol. The van der Waals surface area contributed by atoms with Gasteiger partial charge in [0.1, 0.15) is 5.75 Å². The molecule has 0 radical (unpaired) electrons. The predicted octanol–water partition coefficient (Wildman–Crippen LogP) is 4.30. The second-order valence-corrected chi connectivity index (χ2v) is 6.39. The third kappa shape index (κ3) is 4.32. The number of rotatable bonds is 6. The van der Waals surface area contributed by atoms with E-state index >= 15 is 0 Å². The van der Waals surface area contributed by atoms with Crippen molar-refractivity contribution in [1.29, 1.82) is 0 Å². The first-order valence-corrected chi connectivity index (χ1v) is 8.05. The van der Waals surface area contributed by atoms with Crippen LogP contribution in [0.15, 0.2) is 35.1 Å². The highest BCUT2D eigenvalue weighted by atomic mass is 79.9. The van der Waals surface area contributed by atoms with E-state index in [9.17, 15) is 0 Å². The number of nitrogens with zero attached hydrogens (tertiary/aromatic N) is 2. The van der Waals surface area contributed by atoms with Crippen LogP contribution < -0.4 is 10.5 Å². The first-order chi connectivity index (χ1) is 9.99. The van der Waals surface area contributed by atoms with Crippen molar-refractivity contribution in [2.45, 2.75) is 45.7 Å². The van der Waals surface area contributed by atoms with Gasteiger partial charge in [0, 0.05) is 16.6 Å². The maximum Gasteiger partial charge on any atom is 0.165 e. The summed E-state index contributed by atoms with van der Waals surface area (Å²) >= 11 is 3.49. The normalized spacial score (nSPS) is 12.7. The Hall–Kier alpha value is -1.33. The lowest BCUT2D eigenvalue weighted by atomic mass is 10.0. The van der Waals surface area contributed by atoms with Gasteiger partial charge in [-0.25, -0.2) is 0 Å². The van der Waals surface area contributed by atoms with Crippen molar-refractivity contribution in [2.24, 2.45) is 5.73 Å². The molecule has 0 fully saturated rings. The lowest BCUT2D eigenvalue weighted by Crippen LogP contribution is -2.21. The minimum atomic E-state index is 0.145. The summed E-state index contributed by atoms with van der Waals surface area (Å²) in [5.74, 6) is 1.57. The summed E-state index contributed by atoms with van der Waals surface area (Å²) in [6, 6.07) is 6.51. The lowest BCUT2D eigenvalue weighted by Gasteiger charge is -2.14. The molecule has 2 rings (SSSR count). The molecule has 2 aromatic rings. The molecule has 21 heavy (non-hydrogen) atoms. The molecule has 4 nitrogen and oxygen atoms in total. The fourth-order valence-electron chi connectivity index (χ4n) is 2.00. The van der Waals surface area contributed by atoms with Gasteiger partial charge in [-0.05, 0) is 44.4 Å². The molecule has 2 N–H and O–H groups in total. The Morgan fingerprint density at radius 3 is 2.76 bits per heavy atom. The topological polar surface area (TPSA) is 53.1 Å². The fourth-order valence-corrected chi connectivity index (χ4v) is 2.34. The van der Waals surface area contributed by atoms with Gasteiger partial charge >= 0.3 is 0 Å². The van der Waals surface area contributed by atoms with Gasteiger partial charge in [-0.3, -0.25) is 4.68 Å². The SMILES string of the molecule is CCC(N)Cc1ccc(Br)cc1Oc1cnn(C(C)C)c1. The standard InChI is InChI=1S/C16H22BrN3O/c1-4-14(18)7-12-5-6-13(17)8-16(12)21-15-9-19-20(10-15)11(2)3/h5-6,8-11,14H,4,7,18H2,1-3H3. The summed E-state index contributed by atoms with van der Waals surface area (Å²) in [4.78, 5) is 0. The third-order valence-electron chi connectivity index (χ3n) is 3.37. The second-order valence-electron chi connectivity index (χ2n) is 5.48. The minimum absolute atomic E-state index is 0.145. The zero-order valence-electron chi connectivity index (χ0n) is 12.7. The quantitative estimate of drug-likeness (QED) is 0.843. The number of aromatic nitrogens is 2. The molecule has 0 aliphatic rings. The van der Waals surface area contributed by atoms with Crippen molar-refractivity contribution >= 4 is 15.9 Å². The van der Waals surface area contributed by atoms with E-state index in [1.807, 2.05) is 23.0 Å². The average molecular weight is 352 g/mol. The van der Waals surface area contributed by atoms with Crippen LogP contribution in [0.25, 0.3) is 0 Å². The number of hydrogen-bond acceptors (Lipinski definition) is 3. The van der Waals surface area contributed by atoms with Gasteiger partial charge in [-0.2, -0.15) is 5.10 Å². The van der Waals surface area contributed by atoms with Gasteiger partial charge in [0.25, 0.3) is 0 Å². The monoisotopic (exact) mass is 351 g/mol. The molecule has 0 bridgehead atoms. The molecule has 114 valence electrons. The highest BCUT2D eigenvalue weighted by molar-refractivity contribution is 9.10. The Kier molecular flexibility index (Phi) is 5.42. The highest BCUT2D eigenvalue weighted by Crippen LogP contribution is 2.29. The molecule has 0 saturated carbocycles. The molecule has 1 aromatic carbocycles. The van der Waals surface area contributed by atoms with Crippen LogP contribution in [-0.2, 0) is 6.42 Å². The fraction of sp³-hybridized carbons (Fsp3) is 0.438. The van der Waals surface area contributed by atoms with E-state index in [-0.39, 0.29) is 6.04 Å². The summed E-state index contributed by atoms with van der Waals surface area (Å²) in [5, 5.41) is 4.30. The van der Waals surface area contributed by atoms with Crippen LogP contribution >= 0.6 is 15.9 Å². The van der Waals surface area contributed by atoms with Crippen molar-refractivity contribution in [3.63, 3.8) is 0 Å². The van der Waals surface area contributed by atoms with Crippen LogP contribution in [0.2, 0.25) is 0 Å². The van der Waals surface area contributed by atoms with Crippen LogP contribution in [0.3, 0.4) is 0 Å². The summed E-state index contributed by atoms with van der Waals surface area (Å²) in [6.45, 7) is 6.26. The zero-order chi connectivity index (χ0) is 15.4. The van der Waals surface area contributed by atoms with Crippen LogP contribution in [0.4, 0.5) is 0 Å². The number of benzene rings is 1. The Morgan fingerprint density at radius 1 is 1.38 bits per heavy atom. The van der Waals surface area contributed by atoms with Gasteiger partial charge < -0.3 is 10.5 Å². The maximum atomic E-state index is 6.07. The van der Waals surface area contributed by atoms with E-state index in [4.69, 9.17) is 10.5 Å². The number of hydrogen-bond donors (Lipinski definition) is 1. The zero-order valence-corrected chi connectivity index (χ0v) is 14.3. The molecule has 5 heteroatoms. The lowest BCUT2D eigenvalue weighted by molar-refractivity contribution is 0.467. The van der Waals surface area contributed by atoms with E-state index in [0.717, 1.165) is 34.4 Å². The van der Waals surface area contributed by atoms with Crippen LogP contribution in [-0.4, -0.2) is 15.8 Å². The molecule has 1 aromatic heterocycles. The van der Waals surface area contributed by atoms with Gasteiger partial charge in [0.05, 0.1) is 12.4 Å². The average Bonchev–Trinajstić information content (AvgIpc) is 2.90. The van der Waals surface area contributed by atoms with E-state index in [1.165, 1.54) is 0 Å².